The minimum absolute atomic E-state index is 0.337. The third kappa shape index (κ3) is 2.64. The van der Waals surface area contributed by atoms with Crippen molar-refractivity contribution in [2.24, 2.45) is 14.1 Å². The van der Waals surface area contributed by atoms with Crippen molar-refractivity contribution in [2.45, 2.75) is 20.4 Å². The zero-order valence-corrected chi connectivity index (χ0v) is 15.9. The number of anilines is 1. The number of rotatable bonds is 4. The lowest BCUT2D eigenvalue weighted by molar-refractivity contribution is 0.706. The molecule has 0 bridgehead atoms. The van der Waals surface area contributed by atoms with Crippen LogP contribution in [0.4, 0.5) is 5.69 Å². The summed E-state index contributed by atoms with van der Waals surface area (Å²) in [7, 11) is 3.12. The summed E-state index contributed by atoms with van der Waals surface area (Å²) < 4.78 is 6.35. The van der Waals surface area contributed by atoms with Crippen LogP contribution in [-0.4, -0.2) is 29.6 Å². The highest BCUT2D eigenvalue weighted by Crippen LogP contribution is 2.16. The first-order valence-electron chi connectivity index (χ1n) is 8.83. The molecule has 0 saturated carbocycles. The van der Waals surface area contributed by atoms with E-state index in [1.54, 1.807) is 11.4 Å². The molecule has 0 spiro atoms. The number of hydrogen-bond acceptors (Lipinski definition) is 4. The lowest BCUT2D eigenvalue weighted by Crippen LogP contribution is -2.37. The standard InChI is InChI=1S/C19H22N6O2/c1-12-6-5-7-14(10-12)20-8-9-24-13(2)11-25-15-16(21-18(24)25)22(3)19(27)23(4)17(15)26/h5-7,10-11,20H,8-9H2,1-4H3. The highest BCUT2D eigenvalue weighted by atomic mass is 16.2. The van der Waals surface area contributed by atoms with Crippen LogP contribution >= 0.6 is 0 Å². The van der Waals surface area contributed by atoms with Gasteiger partial charge in [-0.25, -0.2) is 4.79 Å². The van der Waals surface area contributed by atoms with Crippen molar-refractivity contribution in [1.82, 2.24) is 23.1 Å². The number of nitrogens with zero attached hydrogens (tertiary/aromatic N) is 5. The second kappa shape index (κ2) is 6.15. The van der Waals surface area contributed by atoms with Gasteiger partial charge in [0, 0.05) is 44.8 Å². The number of aromatic nitrogens is 5. The number of hydrogen-bond donors (Lipinski definition) is 1. The van der Waals surface area contributed by atoms with Crippen LogP contribution in [0.25, 0.3) is 16.9 Å². The molecule has 0 aliphatic heterocycles. The lowest BCUT2D eigenvalue weighted by atomic mass is 10.2. The minimum Gasteiger partial charge on any atom is -0.383 e. The van der Waals surface area contributed by atoms with E-state index in [1.807, 2.05) is 29.8 Å². The van der Waals surface area contributed by atoms with Crippen molar-refractivity contribution in [3.63, 3.8) is 0 Å². The van der Waals surface area contributed by atoms with Crippen molar-refractivity contribution in [1.29, 1.82) is 0 Å². The Balaban J connectivity index is 1.74. The van der Waals surface area contributed by atoms with Crippen LogP contribution in [0.1, 0.15) is 11.3 Å². The fraction of sp³-hybridized carbons (Fsp3) is 0.316. The van der Waals surface area contributed by atoms with Gasteiger partial charge in [-0.2, -0.15) is 4.98 Å². The van der Waals surface area contributed by atoms with Crippen molar-refractivity contribution >= 4 is 22.6 Å². The number of benzene rings is 1. The van der Waals surface area contributed by atoms with Crippen LogP contribution in [0.3, 0.4) is 0 Å². The summed E-state index contributed by atoms with van der Waals surface area (Å²) in [6, 6.07) is 8.22. The normalized spacial score (nSPS) is 11.6. The number of imidazole rings is 2. The molecule has 8 nitrogen and oxygen atoms in total. The molecule has 0 atom stereocenters. The Morgan fingerprint density at radius 1 is 1.11 bits per heavy atom. The maximum absolute atomic E-state index is 12.6. The van der Waals surface area contributed by atoms with Gasteiger partial charge in [-0.3, -0.25) is 18.3 Å². The van der Waals surface area contributed by atoms with Crippen LogP contribution < -0.4 is 16.6 Å². The molecule has 0 unspecified atom stereocenters. The molecule has 27 heavy (non-hydrogen) atoms. The quantitative estimate of drug-likeness (QED) is 0.592. The SMILES string of the molecule is Cc1cccc(NCCn2c(C)cn3c4c(=O)n(C)c(=O)n(C)c4nc23)c1. The van der Waals surface area contributed by atoms with Gasteiger partial charge in [-0.15, -0.1) is 0 Å². The van der Waals surface area contributed by atoms with Crippen molar-refractivity contribution in [2.75, 3.05) is 11.9 Å². The Labute approximate surface area is 155 Å². The molecule has 0 saturated heterocycles. The van der Waals surface area contributed by atoms with E-state index in [0.717, 1.165) is 22.5 Å². The average molecular weight is 366 g/mol. The highest BCUT2D eigenvalue weighted by Gasteiger charge is 2.18. The van der Waals surface area contributed by atoms with E-state index in [4.69, 9.17) is 0 Å². The van der Waals surface area contributed by atoms with Crippen molar-refractivity contribution in [3.8, 4) is 0 Å². The summed E-state index contributed by atoms with van der Waals surface area (Å²) in [6.07, 6.45) is 1.89. The summed E-state index contributed by atoms with van der Waals surface area (Å²) >= 11 is 0. The smallest absolute Gasteiger partial charge is 0.332 e. The largest absolute Gasteiger partial charge is 0.383 e. The van der Waals surface area contributed by atoms with Gasteiger partial charge >= 0.3 is 5.69 Å². The lowest BCUT2D eigenvalue weighted by Gasteiger charge is -2.09. The third-order valence-electron chi connectivity index (χ3n) is 4.94. The number of fused-ring (bicyclic) bond motifs is 3. The maximum atomic E-state index is 12.6. The summed E-state index contributed by atoms with van der Waals surface area (Å²) in [5, 5.41) is 3.41. The molecule has 1 N–H and O–H groups in total. The Morgan fingerprint density at radius 3 is 2.63 bits per heavy atom. The molecule has 0 aliphatic rings. The van der Waals surface area contributed by atoms with E-state index >= 15 is 0 Å². The molecule has 8 heteroatoms. The fourth-order valence-electron chi connectivity index (χ4n) is 3.47. The molecule has 0 aliphatic carbocycles. The van der Waals surface area contributed by atoms with Gasteiger partial charge < -0.3 is 9.88 Å². The predicted molar refractivity (Wildman–Crippen MR) is 106 cm³/mol. The molecule has 3 aromatic heterocycles. The molecule has 140 valence electrons. The van der Waals surface area contributed by atoms with E-state index in [1.165, 1.54) is 17.2 Å². The zero-order valence-electron chi connectivity index (χ0n) is 15.9. The monoisotopic (exact) mass is 366 g/mol. The van der Waals surface area contributed by atoms with Crippen molar-refractivity contribution < 1.29 is 0 Å². The molecule has 3 heterocycles. The van der Waals surface area contributed by atoms with Crippen LogP contribution in [-0.2, 0) is 20.6 Å². The average Bonchev–Trinajstić information content (AvgIpc) is 3.14. The van der Waals surface area contributed by atoms with Gasteiger partial charge in [0.2, 0.25) is 5.78 Å². The van der Waals surface area contributed by atoms with E-state index in [-0.39, 0.29) is 11.2 Å². The van der Waals surface area contributed by atoms with Gasteiger partial charge in [-0.05, 0) is 31.5 Å². The van der Waals surface area contributed by atoms with E-state index in [2.05, 4.69) is 29.4 Å². The Kier molecular flexibility index (Phi) is 3.91. The zero-order chi connectivity index (χ0) is 19.3. The first-order chi connectivity index (χ1) is 12.9. The highest BCUT2D eigenvalue weighted by molar-refractivity contribution is 5.75. The van der Waals surface area contributed by atoms with Crippen LogP contribution in [0, 0.1) is 13.8 Å². The molecule has 0 amide bonds. The van der Waals surface area contributed by atoms with E-state index in [9.17, 15) is 9.59 Å². The number of nitrogens with one attached hydrogen (secondary N) is 1. The second-order valence-electron chi connectivity index (χ2n) is 6.88. The van der Waals surface area contributed by atoms with Crippen LogP contribution in [0.15, 0.2) is 40.1 Å². The molecule has 4 rings (SSSR count). The fourth-order valence-corrected chi connectivity index (χ4v) is 3.47. The van der Waals surface area contributed by atoms with Gasteiger partial charge in [-0.1, -0.05) is 12.1 Å². The molecule has 0 fully saturated rings. The predicted octanol–water partition coefficient (Wildman–Crippen LogP) is 1.42. The van der Waals surface area contributed by atoms with Crippen LogP contribution in [0.5, 0.6) is 0 Å². The van der Waals surface area contributed by atoms with Gasteiger partial charge in [0.15, 0.2) is 11.2 Å². The molecule has 4 aromatic rings. The third-order valence-corrected chi connectivity index (χ3v) is 4.94. The topological polar surface area (TPSA) is 78.3 Å². The molecular formula is C19H22N6O2. The van der Waals surface area contributed by atoms with Crippen molar-refractivity contribution in [3.05, 3.63) is 62.6 Å². The molecular weight excluding hydrogens is 344 g/mol. The van der Waals surface area contributed by atoms with E-state index in [0.29, 0.717) is 23.5 Å². The Hall–Kier alpha value is -3.29. The van der Waals surface area contributed by atoms with E-state index < -0.39 is 0 Å². The Morgan fingerprint density at radius 2 is 1.89 bits per heavy atom. The number of aryl methyl sites for hydroxylation is 3. The van der Waals surface area contributed by atoms with Crippen LogP contribution in [0.2, 0.25) is 0 Å². The Bertz CT molecular complexity index is 1290. The maximum Gasteiger partial charge on any atom is 0.332 e. The minimum atomic E-state index is -0.377. The summed E-state index contributed by atoms with van der Waals surface area (Å²) in [5.41, 5.74) is 3.38. The summed E-state index contributed by atoms with van der Waals surface area (Å²) in [6.45, 7) is 5.45. The van der Waals surface area contributed by atoms with Gasteiger partial charge in [0.25, 0.3) is 5.56 Å². The summed E-state index contributed by atoms with van der Waals surface area (Å²) in [4.78, 5) is 29.4. The molecule has 1 aromatic carbocycles. The first kappa shape index (κ1) is 17.1. The molecule has 0 radical (unpaired) electrons. The summed E-state index contributed by atoms with van der Waals surface area (Å²) in [5.74, 6) is 0.659. The van der Waals surface area contributed by atoms with Gasteiger partial charge in [0.05, 0.1) is 0 Å². The second-order valence-corrected chi connectivity index (χ2v) is 6.88. The van der Waals surface area contributed by atoms with Gasteiger partial charge in [0.1, 0.15) is 0 Å². The first-order valence-corrected chi connectivity index (χ1v) is 8.83.